The maximum atomic E-state index is 11.9. The quantitative estimate of drug-likeness (QED) is 0.775. The highest BCUT2D eigenvalue weighted by molar-refractivity contribution is 5.75. The zero-order valence-corrected chi connectivity index (χ0v) is 12.7. The molecule has 4 atom stereocenters. The smallest absolute Gasteiger partial charge is 0.337 e. The summed E-state index contributed by atoms with van der Waals surface area (Å²) in [6.45, 7) is 2.86. The van der Waals surface area contributed by atoms with Crippen LogP contribution in [0.3, 0.4) is 0 Å². The number of hydrogen-bond acceptors (Lipinski definition) is 5. The van der Waals surface area contributed by atoms with Crippen molar-refractivity contribution < 1.29 is 23.7 Å². The van der Waals surface area contributed by atoms with E-state index in [0.29, 0.717) is 13.2 Å². The monoisotopic (exact) mass is 294 g/mol. The van der Waals surface area contributed by atoms with Crippen LogP contribution < -0.4 is 0 Å². The lowest BCUT2D eigenvalue weighted by atomic mass is 9.93. The second kappa shape index (κ2) is 7.54. The van der Waals surface area contributed by atoms with E-state index in [9.17, 15) is 4.79 Å². The van der Waals surface area contributed by atoms with E-state index in [0.717, 1.165) is 5.56 Å². The summed E-state index contributed by atoms with van der Waals surface area (Å²) in [6.07, 6.45) is -1.43. The average Bonchev–Trinajstić information content (AvgIpc) is 2.53. The van der Waals surface area contributed by atoms with Crippen LogP contribution in [0.5, 0.6) is 0 Å². The largest absolute Gasteiger partial charge is 0.467 e. The molecule has 0 aromatic heterocycles. The molecule has 0 aliphatic carbocycles. The van der Waals surface area contributed by atoms with E-state index in [1.165, 1.54) is 7.11 Å². The molecule has 1 aromatic carbocycles. The third-order valence-corrected chi connectivity index (χ3v) is 3.71. The summed E-state index contributed by atoms with van der Waals surface area (Å²) in [4.78, 5) is 11.9. The van der Waals surface area contributed by atoms with Crippen LogP contribution in [0.1, 0.15) is 12.5 Å². The molecule has 5 nitrogen and oxygen atoms in total. The van der Waals surface area contributed by atoms with Gasteiger partial charge >= 0.3 is 5.97 Å². The average molecular weight is 294 g/mol. The van der Waals surface area contributed by atoms with Crippen LogP contribution in [0.2, 0.25) is 0 Å². The van der Waals surface area contributed by atoms with Gasteiger partial charge < -0.3 is 18.9 Å². The Morgan fingerprint density at radius 3 is 2.57 bits per heavy atom. The van der Waals surface area contributed by atoms with E-state index in [-0.39, 0.29) is 12.0 Å². The highest BCUT2D eigenvalue weighted by Gasteiger charge is 2.44. The fourth-order valence-electron chi connectivity index (χ4n) is 2.57. The van der Waals surface area contributed by atoms with Crippen molar-refractivity contribution in [2.45, 2.75) is 31.8 Å². The van der Waals surface area contributed by atoms with E-state index < -0.39 is 18.2 Å². The lowest BCUT2D eigenvalue weighted by molar-refractivity contribution is -0.209. The minimum absolute atomic E-state index is 0.150. The van der Waals surface area contributed by atoms with Crippen LogP contribution in [0.25, 0.3) is 0 Å². The summed E-state index contributed by atoms with van der Waals surface area (Å²) in [5.41, 5.74) is 1.04. The van der Waals surface area contributed by atoms with E-state index in [1.54, 1.807) is 7.11 Å². The molecule has 116 valence electrons. The van der Waals surface area contributed by atoms with Gasteiger partial charge in [-0.15, -0.1) is 0 Å². The summed E-state index contributed by atoms with van der Waals surface area (Å²) in [5, 5.41) is 0. The molecule has 1 fully saturated rings. The van der Waals surface area contributed by atoms with Crippen LogP contribution in [0.4, 0.5) is 0 Å². The third-order valence-electron chi connectivity index (χ3n) is 3.71. The molecule has 1 aromatic rings. The standard InChI is InChI=1S/C16H22O5/c1-11-9-20-15(16(17)19-3)14(13(11)18-2)21-10-12-7-5-4-6-8-12/h4-8,11,13-15H,9-10H2,1-3H3/t11-,13-,14+,15+/m0/s1. The van der Waals surface area contributed by atoms with Gasteiger partial charge in [0.05, 0.1) is 26.4 Å². The molecule has 1 heterocycles. The molecule has 0 bridgehead atoms. The molecule has 0 N–H and O–H groups in total. The van der Waals surface area contributed by atoms with Crippen molar-refractivity contribution in [1.29, 1.82) is 0 Å². The molecule has 21 heavy (non-hydrogen) atoms. The number of benzene rings is 1. The molecule has 0 spiro atoms. The molecule has 1 saturated heterocycles. The van der Waals surface area contributed by atoms with Crippen LogP contribution in [-0.4, -0.2) is 45.1 Å². The highest BCUT2D eigenvalue weighted by atomic mass is 16.6. The van der Waals surface area contributed by atoms with Gasteiger partial charge in [-0.1, -0.05) is 37.3 Å². The zero-order chi connectivity index (χ0) is 15.2. The molecular weight excluding hydrogens is 272 g/mol. The molecule has 0 radical (unpaired) electrons. The van der Waals surface area contributed by atoms with Crippen LogP contribution >= 0.6 is 0 Å². The minimum atomic E-state index is -0.750. The Labute approximate surface area is 125 Å². The fourth-order valence-corrected chi connectivity index (χ4v) is 2.57. The lowest BCUT2D eigenvalue weighted by Gasteiger charge is -2.39. The summed E-state index contributed by atoms with van der Waals surface area (Å²) >= 11 is 0. The first-order chi connectivity index (χ1) is 10.2. The van der Waals surface area contributed by atoms with Crippen molar-refractivity contribution >= 4 is 5.97 Å². The Balaban J connectivity index is 2.09. The first-order valence-corrected chi connectivity index (χ1v) is 7.05. The Hall–Kier alpha value is -1.43. The van der Waals surface area contributed by atoms with Crippen LogP contribution in [0, 0.1) is 5.92 Å². The van der Waals surface area contributed by atoms with Gasteiger partial charge in [0.2, 0.25) is 0 Å². The second-order valence-corrected chi connectivity index (χ2v) is 5.22. The van der Waals surface area contributed by atoms with Gasteiger partial charge in [0.25, 0.3) is 0 Å². The number of esters is 1. The third kappa shape index (κ3) is 3.81. The Morgan fingerprint density at radius 2 is 1.95 bits per heavy atom. The maximum absolute atomic E-state index is 11.9. The number of methoxy groups -OCH3 is 2. The summed E-state index contributed by atoms with van der Waals surface area (Å²) in [5.74, 6) is -0.279. The minimum Gasteiger partial charge on any atom is -0.467 e. The molecule has 0 unspecified atom stereocenters. The molecule has 2 rings (SSSR count). The van der Waals surface area contributed by atoms with Crippen molar-refractivity contribution in [2.75, 3.05) is 20.8 Å². The van der Waals surface area contributed by atoms with Gasteiger partial charge in [-0.2, -0.15) is 0 Å². The number of rotatable bonds is 5. The summed E-state index contributed by atoms with van der Waals surface area (Å²) in [6, 6.07) is 9.79. The van der Waals surface area contributed by atoms with Crippen molar-refractivity contribution in [3.63, 3.8) is 0 Å². The number of ether oxygens (including phenoxy) is 4. The van der Waals surface area contributed by atoms with Gasteiger partial charge in [0.15, 0.2) is 6.10 Å². The van der Waals surface area contributed by atoms with Gasteiger partial charge in [0, 0.05) is 13.0 Å². The molecular formula is C16H22O5. The van der Waals surface area contributed by atoms with Gasteiger partial charge in [-0.3, -0.25) is 0 Å². The van der Waals surface area contributed by atoms with Crippen molar-refractivity contribution in [2.24, 2.45) is 5.92 Å². The Morgan fingerprint density at radius 1 is 1.24 bits per heavy atom. The van der Waals surface area contributed by atoms with E-state index in [1.807, 2.05) is 37.3 Å². The van der Waals surface area contributed by atoms with Crippen LogP contribution in [-0.2, 0) is 30.3 Å². The van der Waals surface area contributed by atoms with Crippen LogP contribution in [0.15, 0.2) is 30.3 Å². The van der Waals surface area contributed by atoms with Gasteiger partial charge in [-0.05, 0) is 5.56 Å². The Bertz CT molecular complexity index is 447. The maximum Gasteiger partial charge on any atom is 0.337 e. The van der Waals surface area contributed by atoms with E-state index in [4.69, 9.17) is 18.9 Å². The number of carbonyl (C=O) groups is 1. The predicted octanol–water partition coefficient (Wildman–Crippen LogP) is 1.79. The second-order valence-electron chi connectivity index (χ2n) is 5.22. The summed E-state index contributed by atoms with van der Waals surface area (Å²) in [7, 11) is 2.97. The topological polar surface area (TPSA) is 54.0 Å². The first-order valence-electron chi connectivity index (χ1n) is 7.05. The van der Waals surface area contributed by atoms with Crippen molar-refractivity contribution in [1.82, 2.24) is 0 Å². The predicted molar refractivity (Wildman–Crippen MR) is 76.7 cm³/mol. The molecule has 0 amide bonds. The Kier molecular flexibility index (Phi) is 5.73. The summed E-state index contributed by atoms with van der Waals surface area (Å²) < 4.78 is 21.8. The van der Waals surface area contributed by atoms with E-state index in [2.05, 4.69) is 0 Å². The number of carbonyl (C=O) groups excluding carboxylic acids is 1. The van der Waals surface area contributed by atoms with Crippen molar-refractivity contribution in [3.05, 3.63) is 35.9 Å². The van der Waals surface area contributed by atoms with Crippen molar-refractivity contribution in [3.8, 4) is 0 Å². The first kappa shape index (κ1) is 15.9. The SMILES string of the molecule is COC(=O)[C@@H]1OC[C@H](C)[C@H](OC)[C@H]1OCc1ccccc1. The molecule has 0 saturated carbocycles. The number of hydrogen-bond donors (Lipinski definition) is 0. The van der Waals surface area contributed by atoms with Gasteiger partial charge in [-0.25, -0.2) is 4.79 Å². The van der Waals surface area contributed by atoms with Gasteiger partial charge in [0.1, 0.15) is 6.10 Å². The normalized spacial score (nSPS) is 29.1. The van der Waals surface area contributed by atoms with E-state index >= 15 is 0 Å². The molecule has 5 heteroatoms. The highest BCUT2D eigenvalue weighted by Crippen LogP contribution is 2.26. The molecule has 1 aliphatic heterocycles. The fraction of sp³-hybridized carbons (Fsp3) is 0.562. The zero-order valence-electron chi connectivity index (χ0n) is 12.7. The molecule has 1 aliphatic rings. The lowest BCUT2D eigenvalue weighted by Crippen LogP contribution is -2.54.